The smallest absolute Gasteiger partial charge is 0.255 e. The Balaban J connectivity index is 1.42. The third kappa shape index (κ3) is 4.14. The predicted octanol–water partition coefficient (Wildman–Crippen LogP) is 2.70. The van der Waals surface area contributed by atoms with Crippen LogP contribution in [0.1, 0.15) is 46.3 Å². The largest absolute Gasteiger partial charge is 0.467 e. The number of aryl methyl sites for hydroxylation is 1. The van der Waals surface area contributed by atoms with Crippen molar-refractivity contribution in [1.82, 2.24) is 15.2 Å². The highest BCUT2D eigenvalue weighted by Gasteiger charge is 2.34. The van der Waals surface area contributed by atoms with Gasteiger partial charge in [-0.05, 0) is 49.4 Å². The molecule has 2 aromatic rings. The van der Waals surface area contributed by atoms with E-state index in [1.54, 1.807) is 6.26 Å². The van der Waals surface area contributed by atoms with Gasteiger partial charge < -0.3 is 14.5 Å². The quantitative estimate of drug-likeness (QED) is 0.863. The predicted molar refractivity (Wildman–Crippen MR) is 96.7 cm³/mol. The Morgan fingerprint density at radius 1 is 1.35 bits per heavy atom. The SMILES string of the molecule is Cc1ccnc([C@H](NC(=O)c2coc(CN3CCOCC3)c2)C2CC2)c1. The molecule has 6 nitrogen and oxygen atoms in total. The van der Waals surface area contributed by atoms with Crippen molar-refractivity contribution in [2.75, 3.05) is 26.3 Å². The zero-order chi connectivity index (χ0) is 17.9. The van der Waals surface area contributed by atoms with Crippen molar-refractivity contribution in [3.63, 3.8) is 0 Å². The maximum Gasteiger partial charge on any atom is 0.255 e. The lowest BCUT2D eigenvalue weighted by Gasteiger charge is -2.25. The van der Waals surface area contributed by atoms with Gasteiger partial charge in [0.25, 0.3) is 5.91 Å². The van der Waals surface area contributed by atoms with Gasteiger partial charge in [-0.3, -0.25) is 14.7 Å². The van der Waals surface area contributed by atoms with Crippen molar-refractivity contribution in [3.8, 4) is 0 Å². The van der Waals surface area contributed by atoms with E-state index < -0.39 is 0 Å². The summed E-state index contributed by atoms with van der Waals surface area (Å²) in [6.07, 6.45) is 5.63. The average Bonchev–Trinajstić information content (AvgIpc) is 3.39. The molecule has 0 spiro atoms. The van der Waals surface area contributed by atoms with Crippen molar-refractivity contribution in [3.05, 3.63) is 53.2 Å². The number of hydrogen-bond donors (Lipinski definition) is 1. The lowest BCUT2D eigenvalue weighted by molar-refractivity contribution is 0.0313. The first-order valence-corrected chi connectivity index (χ1v) is 9.30. The van der Waals surface area contributed by atoms with Gasteiger partial charge in [0, 0.05) is 19.3 Å². The average molecular weight is 355 g/mol. The minimum Gasteiger partial charge on any atom is -0.467 e. The molecular formula is C20H25N3O3. The number of rotatable bonds is 6. The molecule has 1 saturated carbocycles. The van der Waals surface area contributed by atoms with Crippen molar-refractivity contribution in [2.45, 2.75) is 32.4 Å². The Hall–Kier alpha value is -2.18. The summed E-state index contributed by atoms with van der Waals surface area (Å²) in [6, 6.07) is 5.85. The summed E-state index contributed by atoms with van der Waals surface area (Å²) in [5.41, 5.74) is 2.68. The van der Waals surface area contributed by atoms with Crippen LogP contribution in [0.3, 0.4) is 0 Å². The van der Waals surface area contributed by atoms with Gasteiger partial charge in [0.15, 0.2) is 0 Å². The molecule has 26 heavy (non-hydrogen) atoms. The van der Waals surface area contributed by atoms with Crippen LogP contribution in [-0.2, 0) is 11.3 Å². The normalized spacial score (nSPS) is 19.3. The molecule has 3 heterocycles. The van der Waals surface area contributed by atoms with Gasteiger partial charge in [0.2, 0.25) is 0 Å². The van der Waals surface area contributed by atoms with Crippen LogP contribution in [-0.4, -0.2) is 42.1 Å². The molecule has 2 fully saturated rings. The maximum atomic E-state index is 12.7. The molecule has 6 heteroatoms. The number of nitrogens with zero attached hydrogens (tertiary/aromatic N) is 2. The first-order chi connectivity index (χ1) is 12.7. The van der Waals surface area contributed by atoms with Crippen molar-refractivity contribution in [1.29, 1.82) is 0 Å². The molecule has 0 bridgehead atoms. The minimum atomic E-state index is -0.0952. The number of morpholine rings is 1. The minimum absolute atomic E-state index is 0.0278. The summed E-state index contributed by atoms with van der Waals surface area (Å²) in [6.45, 7) is 6.05. The van der Waals surface area contributed by atoms with Gasteiger partial charge >= 0.3 is 0 Å². The van der Waals surface area contributed by atoms with Crippen LogP contribution < -0.4 is 5.32 Å². The molecule has 138 valence electrons. The maximum absolute atomic E-state index is 12.7. The van der Waals surface area contributed by atoms with Gasteiger partial charge in [-0.25, -0.2) is 0 Å². The second kappa shape index (κ2) is 7.60. The van der Waals surface area contributed by atoms with Crippen molar-refractivity contribution < 1.29 is 13.9 Å². The zero-order valence-electron chi connectivity index (χ0n) is 15.1. The standard InChI is InChI=1S/C20H25N3O3/c1-14-4-5-21-18(10-14)19(15-2-3-15)22-20(24)16-11-17(26-13-16)12-23-6-8-25-9-7-23/h4-5,10-11,13,15,19H,2-3,6-9,12H2,1H3,(H,22,24)/t19-/m1/s1. The second-order valence-electron chi connectivity index (χ2n) is 7.24. The van der Waals surface area contributed by atoms with Crippen LogP contribution >= 0.6 is 0 Å². The van der Waals surface area contributed by atoms with Crippen LogP contribution in [0, 0.1) is 12.8 Å². The monoisotopic (exact) mass is 355 g/mol. The summed E-state index contributed by atoms with van der Waals surface area (Å²) >= 11 is 0. The van der Waals surface area contributed by atoms with E-state index in [-0.39, 0.29) is 11.9 Å². The van der Waals surface area contributed by atoms with Gasteiger partial charge in [-0.2, -0.15) is 0 Å². The van der Waals surface area contributed by atoms with Gasteiger partial charge in [0.05, 0.1) is 37.1 Å². The van der Waals surface area contributed by atoms with E-state index in [9.17, 15) is 4.79 Å². The molecule has 2 aromatic heterocycles. The van der Waals surface area contributed by atoms with E-state index in [2.05, 4.69) is 21.3 Å². The third-order valence-corrected chi connectivity index (χ3v) is 5.03. The summed E-state index contributed by atoms with van der Waals surface area (Å²) in [5, 5.41) is 3.16. The molecular weight excluding hydrogens is 330 g/mol. The Bertz CT molecular complexity index is 763. The van der Waals surface area contributed by atoms with Crippen LogP contribution in [0.15, 0.2) is 35.1 Å². The Kier molecular flexibility index (Phi) is 5.04. The number of aromatic nitrogens is 1. The Labute approximate surface area is 153 Å². The van der Waals surface area contributed by atoms with Gasteiger partial charge in [-0.1, -0.05) is 0 Å². The van der Waals surface area contributed by atoms with Gasteiger partial charge in [0.1, 0.15) is 12.0 Å². The summed E-state index contributed by atoms with van der Waals surface area (Å²) in [5.74, 6) is 1.20. The van der Waals surface area contributed by atoms with Gasteiger partial charge in [-0.15, -0.1) is 0 Å². The molecule has 2 aliphatic rings. The highest BCUT2D eigenvalue weighted by Crippen LogP contribution is 2.40. The van der Waals surface area contributed by atoms with Crippen LogP contribution in [0.4, 0.5) is 0 Å². The first-order valence-electron chi connectivity index (χ1n) is 9.30. The molecule has 1 amide bonds. The fourth-order valence-electron chi connectivity index (χ4n) is 3.38. The Morgan fingerprint density at radius 2 is 2.15 bits per heavy atom. The third-order valence-electron chi connectivity index (χ3n) is 5.03. The van der Waals surface area contributed by atoms with E-state index >= 15 is 0 Å². The molecule has 1 N–H and O–H groups in total. The second-order valence-corrected chi connectivity index (χ2v) is 7.24. The van der Waals surface area contributed by atoms with Crippen molar-refractivity contribution >= 4 is 5.91 Å². The number of pyridine rings is 1. The lowest BCUT2D eigenvalue weighted by atomic mass is 10.1. The molecule has 0 aromatic carbocycles. The van der Waals surface area contributed by atoms with Crippen LogP contribution in [0.25, 0.3) is 0 Å². The fourth-order valence-corrected chi connectivity index (χ4v) is 3.38. The number of amides is 1. The molecule has 1 aliphatic carbocycles. The van der Waals surface area contributed by atoms with Crippen LogP contribution in [0.2, 0.25) is 0 Å². The number of carbonyl (C=O) groups is 1. The number of carbonyl (C=O) groups excluding carboxylic acids is 1. The number of ether oxygens (including phenoxy) is 1. The van der Waals surface area contributed by atoms with E-state index in [1.807, 2.05) is 25.3 Å². The lowest BCUT2D eigenvalue weighted by Crippen LogP contribution is -2.35. The van der Waals surface area contributed by atoms with E-state index in [1.165, 1.54) is 0 Å². The zero-order valence-corrected chi connectivity index (χ0v) is 15.1. The highest BCUT2D eigenvalue weighted by atomic mass is 16.5. The van der Waals surface area contributed by atoms with E-state index in [0.29, 0.717) is 18.0 Å². The molecule has 1 saturated heterocycles. The molecule has 1 atom stereocenters. The Morgan fingerprint density at radius 3 is 2.88 bits per heavy atom. The van der Waals surface area contributed by atoms with Crippen molar-refractivity contribution in [2.24, 2.45) is 5.92 Å². The molecule has 1 aliphatic heterocycles. The van der Waals surface area contributed by atoms with E-state index in [0.717, 1.165) is 56.2 Å². The number of furan rings is 1. The number of nitrogens with one attached hydrogen (secondary N) is 1. The fraction of sp³-hybridized carbons (Fsp3) is 0.500. The molecule has 0 radical (unpaired) electrons. The number of hydrogen-bond acceptors (Lipinski definition) is 5. The molecule has 4 rings (SSSR count). The molecule has 0 unspecified atom stereocenters. The topological polar surface area (TPSA) is 67.6 Å². The summed E-state index contributed by atoms with van der Waals surface area (Å²) < 4.78 is 11.0. The highest BCUT2D eigenvalue weighted by molar-refractivity contribution is 5.94. The van der Waals surface area contributed by atoms with E-state index in [4.69, 9.17) is 9.15 Å². The summed E-state index contributed by atoms with van der Waals surface area (Å²) in [7, 11) is 0. The first kappa shape index (κ1) is 17.2. The van der Waals surface area contributed by atoms with Crippen LogP contribution in [0.5, 0.6) is 0 Å². The summed E-state index contributed by atoms with van der Waals surface area (Å²) in [4.78, 5) is 19.5.